The topological polar surface area (TPSA) is 28.7 Å². The molecule has 0 saturated heterocycles. The molecular formula is C11H10N2. The molecule has 0 spiro atoms. The zero-order valence-corrected chi connectivity index (χ0v) is 7.49. The van der Waals surface area contributed by atoms with Crippen LogP contribution in [0.15, 0.2) is 30.6 Å². The van der Waals surface area contributed by atoms with E-state index >= 15 is 0 Å². The summed E-state index contributed by atoms with van der Waals surface area (Å²) in [6.07, 6.45) is 11.0. The number of aromatic nitrogens is 1. The highest BCUT2D eigenvalue weighted by molar-refractivity contribution is 5.74. The van der Waals surface area contributed by atoms with Gasteiger partial charge in [0.25, 0.3) is 0 Å². The SMILES string of the molecule is Cn1cc(C#N)c(C2=CC=CC2)c1. The third-order valence-corrected chi connectivity index (χ3v) is 2.19. The Labute approximate surface area is 77.4 Å². The molecule has 1 aliphatic rings. The Morgan fingerprint density at radius 3 is 2.92 bits per heavy atom. The molecule has 0 aromatic carbocycles. The molecule has 64 valence electrons. The molecule has 0 atom stereocenters. The monoisotopic (exact) mass is 170 g/mol. The van der Waals surface area contributed by atoms with E-state index in [0.717, 1.165) is 17.5 Å². The van der Waals surface area contributed by atoms with Crippen LogP contribution in [0.2, 0.25) is 0 Å². The average molecular weight is 170 g/mol. The highest BCUT2D eigenvalue weighted by Gasteiger charge is 2.10. The largest absolute Gasteiger partial charge is 0.355 e. The first kappa shape index (κ1) is 7.88. The molecule has 1 heterocycles. The standard InChI is InChI=1S/C11H10N2/c1-13-7-10(6-12)11(8-13)9-4-2-3-5-9/h2-4,7-8H,5H2,1H3. The van der Waals surface area contributed by atoms with Gasteiger partial charge in [0.05, 0.1) is 5.56 Å². The maximum atomic E-state index is 8.88. The van der Waals surface area contributed by atoms with E-state index in [2.05, 4.69) is 18.2 Å². The van der Waals surface area contributed by atoms with Crippen LogP contribution in [0.1, 0.15) is 17.5 Å². The molecule has 0 unspecified atom stereocenters. The Bertz CT molecular complexity index is 427. The summed E-state index contributed by atoms with van der Waals surface area (Å²) >= 11 is 0. The lowest BCUT2D eigenvalue weighted by molar-refractivity contribution is 0.925. The summed E-state index contributed by atoms with van der Waals surface area (Å²) in [7, 11) is 1.94. The number of hydrogen-bond donors (Lipinski definition) is 0. The number of nitriles is 1. The van der Waals surface area contributed by atoms with Crippen LogP contribution >= 0.6 is 0 Å². The summed E-state index contributed by atoms with van der Waals surface area (Å²) in [4.78, 5) is 0. The van der Waals surface area contributed by atoms with Crippen LogP contribution in [0.25, 0.3) is 5.57 Å². The van der Waals surface area contributed by atoms with E-state index < -0.39 is 0 Å². The summed E-state index contributed by atoms with van der Waals surface area (Å²) in [6, 6.07) is 2.20. The first-order valence-electron chi connectivity index (χ1n) is 4.23. The van der Waals surface area contributed by atoms with Crippen molar-refractivity contribution in [2.75, 3.05) is 0 Å². The predicted molar refractivity (Wildman–Crippen MR) is 51.9 cm³/mol. The molecule has 0 N–H and O–H groups in total. The highest BCUT2D eigenvalue weighted by atomic mass is 14.9. The van der Waals surface area contributed by atoms with Crippen molar-refractivity contribution in [2.24, 2.45) is 7.05 Å². The summed E-state index contributed by atoms with van der Waals surface area (Å²) in [5.74, 6) is 0. The molecule has 0 radical (unpaired) electrons. The van der Waals surface area contributed by atoms with E-state index in [0.29, 0.717) is 0 Å². The van der Waals surface area contributed by atoms with Gasteiger partial charge in [-0.25, -0.2) is 0 Å². The second-order valence-corrected chi connectivity index (χ2v) is 3.19. The number of rotatable bonds is 1. The zero-order chi connectivity index (χ0) is 9.26. The van der Waals surface area contributed by atoms with Gasteiger partial charge in [-0.1, -0.05) is 18.2 Å². The molecule has 0 fully saturated rings. The van der Waals surface area contributed by atoms with Crippen molar-refractivity contribution < 1.29 is 0 Å². The summed E-state index contributed by atoms with van der Waals surface area (Å²) in [5, 5.41) is 8.88. The maximum absolute atomic E-state index is 8.88. The van der Waals surface area contributed by atoms with Crippen molar-refractivity contribution in [3.05, 3.63) is 41.7 Å². The van der Waals surface area contributed by atoms with Gasteiger partial charge in [-0.2, -0.15) is 5.26 Å². The fraction of sp³-hybridized carbons (Fsp3) is 0.182. The molecule has 1 aromatic rings. The minimum atomic E-state index is 0.762. The Morgan fingerprint density at radius 2 is 2.31 bits per heavy atom. The first-order valence-corrected chi connectivity index (χ1v) is 4.23. The quantitative estimate of drug-likeness (QED) is 0.635. The van der Waals surface area contributed by atoms with Gasteiger partial charge in [-0.3, -0.25) is 0 Å². The van der Waals surface area contributed by atoms with Gasteiger partial charge < -0.3 is 4.57 Å². The Morgan fingerprint density at radius 1 is 1.46 bits per heavy atom. The van der Waals surface area contributed by atoms with Gasteiger partial charge >= 0.3 is 0 Å². The van der Waals surface area contributed by atoms with Crippen LogP contribution in [-0.2, 0) is 7.05 Å². The van der Waals surface area contributed by atoms with E-state index in [-0.39, 0.29) is 0 Å². The highest BCUT2D eigenvalue weighted by Crippen LogP contribution is 2.26. The molecule has 2 rings (SSSR count). The van der Waals surface area contributed by atoms with Crippen molar-refractivity contribution >= 4 is 5.57 Å². The van der Waals surface area contributed by atoms with Crippen molar-refractivity contribution in [2.45, 2.75) is 6.42 Å². The summed E-state index contributed by atoms with van der Waals surface area (Å²) in [5.41, 5.74) is 3.06. The van der Waals surface area contributed by atoms with E-state index in [4.69, 9.17) is 5.26 Å². The first-order chi connectivity index (χ1) is 6.31. The lowest BCUT2D eigenvalue weighted by Gasteiger charge is -1.97. The lowest BCUT2D eigenvalue weighted by atomic mass is 10.1. The van der Waals surface area contributed by atoms with E-state index in [1.54, 1.807) is 0 Å². The minimum absolute atomic E-state index is 0.762. The van der Waals surface area contributed by atoms with Gasteiger partial charge in [0.15, 0.2) is 0 Å². The zero-order valence-electron chi connectivity index (χ0n) is 7.49. The maximum Gasteiger partial charge on any atom is 0.101 e. The Kier molecular flexibility index (Phi) is 1.79. The van der Waals surface area contributed by atoms with Crippen molar-refractivity contribution in [1.29, 1.82) is 5.26 Å². The fourth-order valence-electron chi connectivity index (χ4n) is 1.58. The van der Waals surface area contributed by atoms with Gasteiger partial charge in [0.2, 0.25) is 0 Å². The number of allylic oxidation sites excluding steroid dienone is 4. The molecule has 2 nitrogen and oxygen atoms in total. The molecule has 1 aromatic heterocycles. The predicted octanol–water partition coefficient (Wildman–Crippen LogP) is 2.24. The molecular weight excluding hydrogens is 160 g/mol. The number of aryl methyl sites for hydroxylation is 1. The Hall–Kier alpha value is -1.75. The van der Waals surface area contributed by atoms with Gasteiger partial charge in [-0.05, 0) is 12.0 Å². The average Bonchev–Trinajstić information content (AvgIpc) is 2.71. The van der Waals surface area contributed by atoms with Gasteiger partial charge in [0.1, 0.15) is 6.07 Å². The second kappa shape index (κ2) is 2.95. The number of nitrogens with zero attached hydrogens (tertiary/aromatic N) is 2. The molecule has 0 amide bonds. The van der Waals surface area contributed by atoms with Crippen LogP contribution in [0.3, 0.4) is 0 Å². The molecule has 0 aliphatic heterocycles. The second-order valence-electron chi connectivity index (χ2n) is 3.19. The van der Waals surface area contributed by atoms with E-state index in [9.17, 15) is 0 Å². The Balaban J connectivity index is 2.46. The van der Waals surface area contributed by atoms with E-state index in [1.807, 2.05) is 30.1 Å². The molecule has 13 heavy (non-hydrogen) atoms. The van der Waals surface area contributed by atoms with Crippen LogP contribution in [0.5, 0.6) is 0 Å². The van der Waals surface area contributed by atoms with Crippen LogP contribution in [-0.4, -0.2) is 4.57 Å². The van der Waals surface area contributed by atoms with Crippen molar-refractivity contribution in [1.82, 2.24) is 4.57 Å². The van der Waals surface area contributed by atoms with Crippen molar-refractivity contribution in [3.8, 4) is 6.07 Å². The van der Waals surface area contributed by atoms with Gasteiger partial charge in [-0.15, -0.1) is 0 Å². The summed E-state index contributed by atoms with van der Waals surface area (Å²) < 4.78 is 1.92. The number of hydrogen-bond acceptors (Lipinski definition) is 1. The molecule has 0 saturated carbocycles. The molecule has 2 heteroatoms. The molecule has 0 bridgehead atoms. The minimum Gasteiger partial charge on any atom is -0.355 e. The van der Waals surface area contributed by atoms with Gasteiger partial charge in [0, 0.05) is 25.0 Å². The summed E-state index contributed by atoms with van der Waals surface area (Å²) in [6.45, 7) is 0. The fourth-order valence-corrected chi connectivity index (χ4v) is 1.58. The smallest absolute Gasteiger partial charge is 0.101 e. The normalized spacial score (nSPS) is 14.3. The lowest BCUT2D eigenvalue weighted by Crippen LogP contribution is -1.81. The van der Waals surface area contributed by atoms with Crippen LogP contribution in [0.4, 0.5) is 0 Å². The van der Waals surface area contributed by atoms with Crippen LogP contribution < -0.4 is 0 Å². The van der Waals surface area contributed by atoms with Crippen LogP contribution in [0, 0.1) is 11.3 Å². The molecule has 1 aliphatic carbocycles. The van der Waals surface area contributed by atoms with Crippen molar-refractivity contribution in [3.63, 3.8) is 0 Å². The van der Waals surface area contributed by atoms with E-state index in [1.165, 1.54) is 5.57 Å². The third-order valence-electron chi connectivity index (χ3n) is 2.19. The third kappa shape index (κ3) is 1.29.